The second-order valence-electron chi connectivity index (χ2n) is 5.53. The third-order valence-electron chi connectivity index (χ3n) is 3.65. The first-order valence-electron chi connectivity index (χ1n) is 8.22. The van der Waals surface area contributed by atoms with Crippen LogP contribution in [-0.4, -0.2) is 12.6 Å². The van der Waals surface area contributed by atoms with E-state index in [-0.39, 0.29) is 6.03 Å². The van der Waals surface area contributed by atoms with Crippen LogP contribution in [-0.2, 0) is 6.42 Å². The van der Waals surface area contributed by atoms with Gasteiger partial charge in [-0.25, -0.2) is 4.79 Å². The Bertz CT molecular complexity index is 804. The van der Waals surface area contributed by atoms with Gasteiger partial charge in [-0.3, -0.25) is 0 Å². The maximum atomic E-state index is 12.1. The number of para-hydroxylation sites is 3. The van der Waals surface area contributed by atoms with Gasteiger partial charge in [0.2, 0.25) is 0 Å². The molecule has 0 heterocycles. The maximum Gasteiger partial charge on any atom is 0.319 e. The van der Waals surface area contributed by atoms with Gasteiger partial charge in [0.15, 0.2) is 5.75 Å². The van der Waals surface area contributed by atoms with E-state index in [1.54, 1.807) is 0 Å². The molecule has 0 spiro atoms. The molecule has 0 saturated heterocycles. The van der Waals surface area contributed by atoms with E-state index in [0.29, 0.717) is 18.0 Å². The van der Waals surface area contributed by atoms with Crippen molar-refractivity contribution in [3.63, 3.8) is 0 Å². The third kappa shape index (κ3) is 5.11. The Kier molecular flexibility index (Phi) is 5.67. The van der Waals surface area contributed by atoms with Crippen LogP contribution in [0.1, 0.15) is 5.56 Å². The zero-order valence-electron chi connectivity index (χ0n) is 13.8. The number of hydrogen-bond donors (Lipinski definition) is 2. The van der Waals surface area contributed by atoms with Crippen LogP contribution in [0.15, 0.2) is 84.9 Å². The highest BCUT2D eigenvalue weighted by molar-refractivity contribution is 5.90. The van der Waals surface area contributed by atoms with Gasteiger partial charge in [-0.05, 0) is 36.2 Å². The van der Waals surface area contributed by atoms with Crippen LogP contribution in [0.4, 0.5) is 10.5 Å². The first-order valence-corrected chi connectivity index (χ1v) is 8.22. The quantitative estimate of drug-likeness (QED) is 0.678. The van der Waals surface area contributed by atoms with Crippen molar-refractivity contribution in [3.8, 4) is 11.5 Å². The molecule has 3 aromatic carbocycles. The van der Waals surface area contributed by atoms with E-state index < -0.39 is 0 Å². The number of anilines is 1. The standard InChI is InChI=1S/C21H20N2O2/c24-21(22-16-15-17-9-3-1-4-10-17)23-19-13-7-8-14-20(19)25-18-11-5-2-6-12-18/h1-14H,15-16H2,(H2,22,23,24). The van der Waals surface area contributed by atoms with Crippen LogP contribution in [0.2, 0.25) is 0 Å². The van der Waals surface area contributed by atoms with E-state index in [2.05, 4.69) is 10.6 Å². The third-order valence-corrected chi connectivity index (χ3v) is 3.65. The zero-order valence-corrected chi connectivity index (χ0v) is 13.8. The van der Waals surface area contributed by atoms with Crippen LogP contribution in [0.3, 0.4) is 0 Å². The van der Waals surface area contributed by atoms with Gasteiger partial charge in [0.25, 0.3) is 0 Å². The Morgan fingerprint density at radius 1 is 0.800 bits per heavy atom. The van der Waals surface area contributed by atoms with Crippen molar-refractivity contribution >= 4 is 11.7 Å². The summed E-state index contributed by atoms with van der Waals surface area (Å²) in [4.78, 5) is 12.1. The van der Waals surface area contributed by atoms with Crippen LogP contribution in [0.25, 0.3) is 0 Å². The molecular formula is C21H20N2O2. The van der Waals surface area contributed by atoms with Crippen molar-refractivity contribution in [1.29, 1.82) is 0 Å². The Morgan fingerprint density at radius 2 is 1.44 bits per heavy atom. The van der Waals surface area contributed by atoms with Gasteiger partial charge in [-0.2, -0.15) is 0 Å². The van der Waals surface area contributed by atoms with E-state index in [1.165, 1.54) is 5.56 Å². The molecule has 4 nitrogen and oxygen atoms in total. The Hall–Kier alpha value is -3.27. The van der Waals surface area contributed by atoms with Crippen molar-refractivity contribution in [2.45, 2.75) is 6.42 Å². The molecule has 2 N–H and O–H groups in total. The minimum atomic E-state index is -0.250. The molecule has 126 valence electrons. The molecule has 0 aliphatic rings. The van der Waals surface area contributed by atoms with Crippen LogP contribution in [0, 0.1) is 0 Å². The highest BCUT2D eigenvalue weighted by Gasteiger charge is 2.08. The average Bonchev–Trinajstić information content (AvgIpc) is 2.65. The van der Waals surface area contributed by atoms with Crippen LogP contribution >= 0.6 is 0 Å². The highest BCUT2D eigenvalue weighted by Crippen LogP contribution is 2.28. The summed E-state index contributed by atoms with van der Waals surface area (Å²) < 4.78 is 5.84. The van der Waals surface area contributed by atoms with Crippen molar-refractivity contribution in [2.24, 2.45) is 0 Å². The fourth-order valence-electron chi connectivity index (χ4n) is 2.41. The Labute approximate surface area is 147 Å². The van der Waals surface area contributed by atoms with Crippen molar-refractivity contribution < 1.29 is 9.53 Å². The Balaban J connectivity index is 1.56. The molecule has 3 aromatic rings. The second kappa shape index (κ2) is 8.55. The predicted octanol–water partition coefficient (Wildman–Crippen LogP) is 4.84. The highest BCUT2D eigenvalue weighted by atomic mass is 16.5. The van der Waals surface area contributed by atoms with E-state index in [1.807, 2.05) is 84.9 Å². The lowest BCUT2D eigenvalue weighted by Crippen LogP contribution is -2.30. The monoisotopic (exact) mass is 332 g/mol. The molecule has 25 heavy (non-hydrogen) atoms. The fraction of sp³-hybridized carbons (Fsp3) is 0.0952. The lowest BCUT2D eigenvalue weighted by Gasteiger charge is -2.13. The largest absolute Gasteiger partial charge is 0.455 e. The number of nitrogens with one attached hydrogen (secondary N) is 2. The van der Waals surface area contributed by atoms with E-state index in [0.717, 1.165) is 12.2 Å². The van der Waals surface area contributed by atoms with Gasteiger partial charge in [0.05, 0.1) is 5.69 Å². The summed E-state index contributed by atoms with van der Waals surface area (Å²) in [6.45, 7) is 0.567. The van der Waals surface area contributed by atoms with Crippen molar-refractivity contribution in [3.05, 3.63) is 90.5 Å². The van der Waals surface area contributed by atoms with Gasteiger partial charge >= 0.3 is 6.03 Å². The lowest BCUT2D eigenvalue weighted by molar-refractivity contribution is 0.252. The summed E-state index contributed by atoms with van der Waals surface area (Å²) in [6, 6.07) is 26.7. The van der Waals surface area contributed by atoms with E-state index >= 15 is 0 Å². The molecule has 0 aliphatic heterocycles. The summed E-state index contributed by atoms with van der Waals surface area (Å²) in [7, 11) is 0. The van der Waals surface area contributed by atoms with E-state index in [9.17, 15) is 4.79 Å². The maximum absolute atomic E-state index is 12.1. The first-order chi connectivity index (χ1) is 12.3. The molecular weight excluding hydrogens is 312 g/mol. The summed E-state index contributed by atoms with van der Waals surface area (Å²) in [6.07, 6.45) is 0.788. The molecule has 0 aliphatic carbocycles. The molecule has 0 radical (unpaired) electrons. The average molecular weight is 332 g/mol. The molecule has 0 unspecified atom stereocenters. The predicted molar refractivity (Wildman–Crippen MR) is 100 cm³/mol. The lowest BCUT2D eigenvalue weighted by atomic mass is 10.1. The number of hydrogen-bond acceptors (Lipinski definition) is 2. The molecule has 0 fully saturated rings. The zero-order chi connectivity index (χ0) is 17.3. The van der Waals surface area contributed by atoms with E-state index in [4.69, 9.17) is 4.74 Å². The van der Waals surface area contributed by atoms with Crippen LogP contribution < -0.4 is 15.4 Å². The number of amides is 2. The molecule has 0 saturated carbocycles. The Morgan fingerprint density at radius 3 is 2.20 bits per heavy atom. The molecule has 2 amide bonds. The number of rotatable bonds is 6. The minimum Gasteiger partial charge on any atom is -0.455 e. The topological polar surface area (TPSA) is 50.4 Å². The van der Waals surface area contributed by atoms with Gasteiger partial charge < -0.3 is 15.4 Å². The number of benzene rings is 3. The van der Waals surface area contributed by atoms with Gasteiger partial charge in [0, 0.05) is 6.54 Å². The molecule has 4 heteroatoms. The summed E-state index contributed by atoms with van der Waals surface area (Å²) >= 11 is 0. The second-order valence-corrected chi connectivity index (χ2v) is 5.53. The number of carbonyl (C=O) groups excluding carboxylic acids is 1. The number of carbonyl (C=O) groups is 1. The first kappa shape index (κ1) is 16.6. The fourth-order valence-corrected chi connectivity index (χ4v) is 2.41. The summed E-state index contributed by atoms with van der Waals surface area (Å²) in [5.74, 6) is 1.33. The van der Waals surface area contributed by atoms with Crippen molar-refractivity contribution in [2.75, 3.05) is 11.9 Å². The van der Waals surface area contributed by atoms with Gasteiger partial charge in [0.1, 0.15) is 5.75 Å². The summed E-state index contributed by atoms with van der Waals surface area (Å²) in [5, 5.41) is 5.71. The molecule has 0 aromatic heterocycles. The SMILES string of the molecule is O=C(NCCc1ccccc1)Nc1ccccc1Oc1ccccc1. The number of urea groups is 1. The normalized spacial score (nSPS) is 10.1. The minimum absolute atomic E-state index is 0.250. The van der Waals surface area contributed by atoms with Gasteiger partial charge in [-0.1, -0.05) is 60.7 Å². The molecule has 3 rings (SSSR count). The molecule has 0 bridgehead atoms. The number of ether oxygens (including phenoxy) is 1. The smallest absolute Gasteiger partial charge is 0.319 e. The molecule has 0 atom stereocenters. The summed E-state index contributed by atoms with van der Waals surface area (Å²) in [5.41, 5.74) is 1.82. The van der Waals surface area contributed by atoms with Crippen molar-refractivity contribution in [1.82, 2.24) is 5.32 Å². The van der Waals surface area contributed by atoms with Crippen LogP contribution in [0.5, 0.6) is 11.5 Å². The van der Waals surface area contributed by atoms with Gasteiger partial charge in [-0.15, -0.1) is 0 Å².